The number of ether oxygens (including phenoxy) is 1. The van der Waals surface area contributed by atoms with Gasteiger partial charge in [-0.15, -0.1) is 0 Å². The van der Waals surface area contributed by atoms with E-state index in [9.17, 15) is 4.79 Å². The molecule has 0 bridgehead atoms. The van der Waals surface area contributed by atoms with Crippen LogP contribution in [0, 0.1) is 5.41 Å². The quantitative estimate of drug-likeness (QED) is 0.495. The van der Waals surface area contributed by atoms with Crippen LogP contribution in [-0.2, 0) is 4.74 Å². The molecule has 0 unspecified atom stereocenters. The molecule has 11 heavy (non-hydrogen) atoms. The fraction of sp³-hybridized carbons (Fsp3) is 0.625. The Morgan fingerprint density at radius 2 is 2.09 bits per heavy atom. The summed E-state index contributed by atoms with van der Waals surface area (Å²) < 4.78 is 4.27. The average molecular weight is 158 g/mol. The van der Waals surface area contributed by atoms with Gasteiger partial charge < -0.3 is 9.84 Å². The molecule has 3 heteroatoms. The lowest BCUT2D eigenvalue weighted by Crippen LogP contribution is -2.02. The van der Waals surface area contributed by atoms with Crippen molar-refractivity contribution in [1.82, 2.24) is 0 Å². The monoisotopic (exact) mass is 158 g/mol. The summed E-state index contributed by atoms with van der Waals surface area (Å²) in [6, 6.07) is 0. The molecular weight excluding hydrogens is 144 g/mol. The minimum Gasteiger partial charge on any atom is -0.450 e. The van der Waals surface area contributed by atoms with E-state index < -0.39 is 6.16 Å². The van der Waals surface area contributed by atoms with Crippen molar-refractivity contribution in [2.24, 2.45) is 5.41 Å². The highest BCUT2D eigenvalue weighted by molar-refractivity contribution is 5.56. The lowest BCUT2D eigenvalue weighted by atomic mass is 9.96. The van der Waals surface area contributed by atoms with Crippen molar-refractivity contribution in [2.45, 2.75) is 20.8 Å². The number of hydrogen-bond acceptors (Lipinski definition) is 2. The molecular formula is C8H14O3. The predicted molar refractivity (Wildman–Crippen MR) is 42.6 cm³/mol. The molecule has 0 amide bonds. The second kappa shape index (κ2) is 4.01. The Bertz CT molecular complexity index is 153. The van der Waals surface area contributed by atoms with Crippen LogP contribution in [-0.4, -0.2) is 17.9 Å². The van der Waals surface area contributed by atoms with Gasteiger partial charge in [0.1, 0.15) is 6.61 Å². The Hall–Kier alpha value is -0.990. The summed E-state index contributed by atoms with van der Waals surface area (Å²) in [4.78, 5) is 9.87. The summed E-state index contributed by atoms with van der Waals surface area (Å²) in [6.07, 6.45) is 2.38. The maximum absolute atomic E-state index is 9.87. The van der Waals surface area contributed by atoms with E-state index in [1.807, 2.05) is 26.8 Å². The first-order valence-electron chi connectivity index (χ1n) is 3.45. The van der Waals surface area contributed by atoms with Crippen LogP contribution in [0.5, 0.6) is 0 Å². The van der Waals surface area contributed by atoms with Gasteiger partial charge in [0, 0.05) is 0 Å². The van der Waals surface area contributed by atoms with Gasteiger partial charge in [-0.2, -0.15) is 0 Å². The third-order valence-corrected chi connectivity index (χ3v) is 0.921. The SMILES string of the molecule is CC(C)(C)C=CCOC(=O)O. The second-order valence-electron chi connectivity index (χ2n) is 3.35. The van der Waals surface area contributed by atoms with Gasteiger partial charge in [0.2, 0.25) is 0 Å². The molecule has 0 atom stereocenters. The molecule has 0 rings (SSSR count). The Labute approximate surface area is 66.7 Å². The standard InChI is InChI=1S/C8H14O3/c1-8(2,3)5-4-6-11-7(9)10/h4-5H,6H2,1-3H3,(H,9,10). The molecule has 0 aliphatic carbocycles. The van der Waals surface area contributed by atoms with Crippen LogP contribution < -0.4 is 0 Å². The van der Waals surface area contributed by atoms with Gasteiger partial charge in [0.15, 0.2) is 0 Å². The highest BCUT2D eigenvalue weighted by Gasteiger charge is 2.02. The van der Waals surface area contributed by atoms with E-state index in [1.165, 1.54) is 0 Å². The van der Waals surface area contributed by atoms with Gasteiger partial charge >= 0.3 is 6.16 Å². The van der Waals surface area contributed by atoms with Crippen molar-refractivity contribution >= 4 is 6.16 Å². The minimum atomic E-state index is -1.23. The zero-order valence-electron chi connectivity index (χ0n) is 7.13. The van der Waals surface area contributed by atoms with Crippen molar-refractivity contribution in [3.05, 3.63) is 12.2 Å². The largest absolute Gasteiger partial charge is 0.506 e. The Morgan fingerprint density at radius 1 is 1.55 bits per heavy atom. The zero-order valence-corrected chi connectivity index (χ0v) is 7.13. The van der Waals surface area contributed by atoms with Crippen LogP contribution in [0.25, 0.3) is 0 Å². The highest BCUT2D eigenvalue weighted by atomic mass is 16.7. The topological polar surface area (TPSA) is 46.5 Å². The molecule has 0 aromatic heterocycles. The molecule has 0 aromatic carbocycles. The highest BCUT2D eigenvalue weighted by Crippen LogP contribution is 2.13. The van der Waals surface area contributed by atoms with Gasteiger partial charge in [0.05, 0.1) is 0 Å². The Kier molecular flexibility index (Phi) is 3.65. The number of carbonyl (C=O) groups is 1. The summed E-state index contributed by atoms with van der Waals surface area (Å²) in [5.74, 6) is 0. The summed E-state index contributed by atoms with van der Waals surface area (Å²) in [6.45, 7) is 6.23. The summed E-state index contributed by atoms with van der Waals surface area (Å²) in [5.41, 5.74) is 0.0852. The number of hydrogen-bond donors (Lipinski definition) is 1. The summed E-state index contributed by atoms with van der Waals surface area (Å²) in [5, 5.41) is 8.09. The normalized spacial score (nSPS) is 11.9. The van der Waals surface area contributed by atoms with Gasteiger partial charge in [-0.1, -0.05) is 32.9 Å². The van der Waals surface area contributed by atoms with E-state index in [2.05, 4.69) is 4.74 Å². The second-order valence-corrected chi connectivity index (χ2v) is 3.35. The molecule has 3 nitrogen and oxygen atoms in total. The molecule has 0 aromatic rings. The van der Waals surface area contributed by atoms with Gasteiger partial charge in [-0.05, 0) is 5.41 Å². The van der Waals surface area contributed by atoms with Crippen LogP contribution in [0.15, 0.2) is 12.2 Å². The van der Waals surface area contributed by atoms with Crippen LogP contribution in [0.3, 0.4) is 0 Å². The molecule has 0 heterocycles. The lowest BCUT2D eigenvalue weighted by molar-refractivity contribution is 0.102. The predicted octanol–water partition coefficient (Wildman–Crippen LogP) is 2.28. The average Bonchev–Trinajstić information content (AvgIpc) is 1.78. The van der Waals surface area contributed by atoms with Gasteiger partial charge in [-0.3, -0.25) is 0 Å². The maximum atomic E-state index is 9.87. The lowest BCUT2D eigenvalue weighted by Gasteiger charge is -2.10. The van der Waals surface area contributed by atoms with E-state index in [1.54, 1.807) is 6.08 Å². The fourth-order valence-electron chi connectivity index (χ4n) is 0.521. The first-order chi connectivity index (χ1) is 4.92. The van der Waals surface area contributed by atoms with Gasteiger partial charge in [0.25, 0.3) is 0 Å². The van der Waals surface area contributed by atoms with E-state index in [-0.39, 0.29) is 12.0 Å². The van der Waals surface area contributed by atoms with Crippen molar-refractivity contribution in [3.63, 3.8) is 0 Å². The molecule has 0 aliphatic heterocycles. The van der Waals surface area contributed by atoms with Crippen molar-refractivity contribution < 1.29 is 14.6 Å². The molecule has 1 N–H and O–H groups in total. The van der Waals surface area contributed by atoms with Crippen LogP contribution >= 0.6 is 0 Å². The van der Waals surface area contributed by atoms with Crippen LogP contribution in [0.4, 0.5) is 4.79 Å². The summed E-state index contributed by atoms with van der Waals surface area (Å²) in [7, 11) is 0. The summed E-state index contributed by atoms with van der Waals surface area (Å²) >= 11 is 0. The Morgan fingerprint density at radius 3 is 2.45 bits per heavy atom. The van der Waals surface area contributed by atoms with E-state index in [4.69, 9.17) is 5.11 Å². The minimum absolute atomic E-state index is 0.0852. The molecule has 0 saturated carbocycles. The third kappa shape index (κ3) is 9.01. The van der Waals surface area contributed by atoms with Gasteiger partial charge in [-0.25, -0.2) is 4.79 Å². The van der Waals surface area contributed by atoms with Crippen molar-refractivity contribution in [3.8, 4) is 0 Å². The molecule has 64 valence electrons. The first-order valence-corrected chi connectivity index (χ1v) is 3.45. The molecule has 0 aliphatic rings. The van der Waals surface area contributed by atoms with Crippen molar-refractivity contribution in [1.29, 1.82) is 0 Å². The zero-order chi connectivity index (χ0) is 8.91. The molecule has 0 saturated heterocycles. The number of allylic oxidation sites excluding steroid dienone is 1. The van der Waals surface area contributed by atoms with E-state index in [0.29, 0.717) is 0 Å². The smallest absolute Gasteiger partial charge is 0.450 e. The van der Waals surface area contributed by atoms with Crippen LogP contribution in [0.2, 0.25) is 0 Å². The molecule has 0 radical (unpaired) electrons. The number of rotatable bonds is 2. The van der Waals surface area contributed by atoms with E-state index >= 15 is 0 Å². The van der Waals surface area contributed by atoms with Crippen LogP contribution in [0.1, 0.15) is 20.8 Å². The third-order valence-electron chi connectivity index (χ3n) is 0.921. The molecule has 0 spiro atoms. The maximum Gasteiger partial charge on any atom is 0.506 e. The van der Waals surface area contributed by atoms with E-state index in [0.717, 1.165) is 0 Å². The molecule has 0 fully saturated rings. The first kappa shape index (κ1) is 10.0. The number of carboxylic acid groups (broad SMARTS) is 1. The Balaban J connectivity index is 3.54. The fourth-order valence-corrected chi connectivity index (χ4v) is 0.521. The van der Waals surface area contributed by atoms with Crippen molar-refractivity contribution in [2.75, 3.05) is 6.61 Å².